The number of carbonyl (C=O) groups excluding carboxylic acids is 1. The lowest BCUT2D eigenvalue weighted by atomic mass is 9.97. The second-order valence-corrected chi connectivity index (χ2v) is 7.42. The molecule has 1 amide bonds. The standard InChI is InChI=1S/C20H25F3N4O2/c1-14-18(19(29)27(25(14)2)16-8-4-3-5-9-16)24-17(28)10-12-26-11-6-7-15(13-26)20(21,22)23/h3-5,8-9,15H,6-7,10-13H2,1-2H3,(H,24,28)/t15-/m0/s1. The Kier molecular flexibility index (Phi) is 6.16. The van der Waals surface area contributed by atoms with Gasteiger partial charge in [-0.05, 0) is 38.4 Å². The monoisotopic (exact) mass is 410 g/mol. The van der Waals surface area contributed by atoms with Crippen molar-refractivity contribution >= 4 is 11.6 Å². The van der Waals surface area contributed by atoms with E-state index >= 15 is 0 Å². The lowest BCUT2D eigenvalue weighted by Crippen LogP contribution is -2.42. The van der Waals surface area contributed by atoms with E-state index in [-0.39, 0.29) is 43.1 Å². The van der Waals surface area contributed by atoms with Gasteiger partial charge >= 0.3 is 6.18 Å². The highest BCUT2D eigenvalue weighted by molar-refractivity contribution is 5.91. The summed E-state index contributed by atoms with van der Waals surface area (Å²) in [5, 5.41) is 2.65. The molecule has 0 unspecified atom stereocenters. The zero-order chi connectivity index (χ0) is 21.2. The maximum Gasteiger partial charge on any atom is 0.393 e. The number of piperidine rings is 1. The predicted molar refractivity (Wildman–Crippen MR) is 104 cm³/mol. The van der Waals surface area contributed by atoms with E-state index in [4.69, 9.17) is 0 Å². The largest absolute Gasteiger partial charge is 0.393 e. The molecule has 1 aromatic heterocycles. The number of aromatic nitrogens is 2. The van der Waals surface area contributed by atoms with Gasteiger partial charge in [-0.2, -0.15) is 13.2 Å². The van der Waals surface area contributed by atoms with Gasteiger partial charge in [-0.15, -0.1) is 0 Å². The highest BCUT2D eigenvalue weighted by atomic mass is 19.4. The van der Waals surface area contributed by atoms with Crippen LogP contribution in [0.15, 0.2) is 35.1 Å². The molecule has 3 rings (SSSR count). The molecule has 6 nitrogen and oxygen atoms in total. The second kappa shape index (κ2) is 8.44. The smallest absolute Gasteiger partial charge is 0.320 e. The lowest BCUT2D eigenvalue weighted by molar-refractivity contribution is -0.186. The van der Waals surface area contributed by atoms with E-state index in [0.29, 0.717) is 24.3 Å². The van der Waals surface area contributed by atoms with Crippen LogP contribution in [-0.4, -0.2) is 46.0 Å². The number of nitrogens with one attached hydrogen (secondary N) is 1. The zero-order valence-corrected chi connectivity index (χ0v) is 16.5. The van der Waals surface area contributed by atoms with Crippen molar-refractivity contribution in [3.63, 3.8) is 0 Å². The van der Waals surface area contributed by atoms with E-state index in [2.05, 4.69) is 5.32 Å². The molecule has 9 heteroatoms. The van der Waals surface area contributed by atoms with Crippen LogP contribution in [0, 0.1) is 12.8 Å². The normalized spacial score (nSPS) is 18.0. The van der Waals surface area contributed by atoms with Gasteiger partial charge in [0.2, 0.25) is 5.91 Å². The SMILES string of the molecule is Cc1c(NC(=O)CCN2CCC[C@H](C(F)(F)F)C2)c(=O)n(-c2ccccc2)n1C. The third-order valence-corrected chi connectivity index (χ3v) is 5.44. The van der Waals surface area contributed by atoms with Crippen LogP contribution in [0.25, 0.3) is 5.69 Å². The molecule has 1 aromatic carbocycles. The molecule has 0 radical (unpaired) electrons. The molecule has 0 spiro atoms. The van der Waals surface area contributed by atoms with E-state index in [9.17, 15) is 22.8 Å². The minimum atomic E-state index is -4.20. The third kappa shape index (κ3) is 4.72. The van der Waals surface area contributed by atoms with E-state index < -0.39 is 12.1 Å². The third-order valence-electron chi connectivity index (χ3n) is 5.44. The van der Waals surface area contributed by atoms with Crippen LogP contribution in [0.3, 0.4) is 0 Å². The number of amides is 1. The van der Waals surface area contributed by atoms with E-state index in [0.717, 1.165) is 0 Å². The molecule has 2 aromatic rings. The van der Waals surface area contributed by atoms with Crippen molar-refractivity contribution in [2.24, 2.45) is 13.0 Å². The summed E-state index contributed by atoms with van der Waals surface area (Å²) < 4.78 is 41.9. The number of hydrogen-bond acceptors (Lipinski definition) is 3. The number of rotatable bonds is 5. The molecule has 1 saturated heterocycles. The van der Waals surface area contributed by atoms with Crippen molar-refractivity contribution in [1.82, 2.24) is 14.3 Å². The van der Waals surface area contributed by atoms with Gasteiger partial charge in [-0.1, -0.05) is 18.2 Å². The second-order valence-electron chi connectivity index (χ2n) is 7.42. The Labute approximate surface area is 166 Å². The fourth-order valence-electron chi connectivity index (χ4n) is 3.70. The maximum absolute atomic E-state index is 12.9. The summed E-state index contributed by atoms with van der Waals surface area (Å²) in [6, 6.07) is 9.06. The van der Waals surface area contributed by atoms with Gasteiger partial charge in [-0.25, -0.2) is 4.68 Å². The number of hydrogen-bond donors (Lipinski definition) is 1. The quantitative estimate of drug-likeness (QED) is 0.824. The number of alkyl halides is 3. The minimum Gasteiger partial charge on any atom is -0.320 e. The summed E-state index contributed by atoms with van der Waals surface area (Å²) in [5.74, 6) is -1.72. The van der Waals surface area contributed by atoms with Gasteiger partial charge in [0.05, 0.1) is 17.3 Å². The van der Waals surface area contributed by atoms with Crippen molar-refractivity contribution in [3.05, 3.63) is 46.4 Å². The number of benzene rings is 1. The Hall–Kier alpha value is -2.55. The Morgan fingerprint density at radius 3 is 2.59 bits per heavy atom. The summed E-state index contributed by atoms with van der Waals surface area (Å²) in [4.78, 5) is 26.8. The highest BCUT2D eigenvalue weighted by Gasteiger charge is 2.41. The Bertz CT molecular complexity index is 918. The molecule has 2 heterocycles. The molecule has 1 fully saturated rings. The molecule has 1 atom stereocenters. The van der Waals surface area contributed by atoms with Gasteiger partial charge in [-0.3, -0.25) is 14.3 Å². The molecular formula is C20H25F3N4O2. The molecule has 158 valence electrons. The Balaban J connectivity index is 1.65. The van der Waals surface area contributed by atoms with Crippen molar-refractivity contribution < 1.29 is 18.0 Å². The minimum absolute atomic E-state index is 0.0314. The summed E-state index contributed by atoms with van der Waals surface area (Å²) >= 11 is 0. The average molecular weight is 410 g/mol. The Morgan fingerprint density at radius 2 is 1.93 bits per heavy atom. The van der Waals surface area contributed by atoms with Crippen LogP contribution in [0.1, 0.15) is 25.0 Å². The van der Waals surface area contributed by atoms with E-state index in [1.807, 2.05) is 18.2 Å². The van der Waals surface area contributed by atoms with E-state index in [1.54, 1.807) is 35.7 Å². The van der Waals surface area contributed by atoms with Gasteiger partial charge < -0.3 is 10.2 Å². The number of anilines is 1. The summed E-state index contributed by atoms with van der Waals surface area (Å²) in [6.07, 6.45) is -3.58. The number of nitrogens with zero attached hydrogens (tertiary/aromatic N) is 3. The molecule has 1 N–H and O–H groups in total. The summed E-state index contributed by atoms with van der Waals surface area (Å²) in [7, 11) is 1.73. The van der Waals surface area contributed by atoms with Gasteiger partial charge in [0.15, 0.2) is 0 Å². The van der Waals surface area contributed by atoms with Crippen molar-refractivity contribution in [2.75, 3.05) is 25.0 Å². The number of halogens is 3. The first-order valence-corrected chi connectivity index (χ1v) is 9.61. The predicted octanol–water partition coefficient (Wildman–Crippen LogP) is 3.09. The van der Waals surface area contributed by atoms with Gasteiger partial charge in [0.25, 0.3) is 5.56 Å². The van der Waals surface area contributed by atoms with Gasteiger partial charge in [0, 0.05) is 26.6 Å². The van der Waals surface area contributed by atoms with Crippen molar-refractivity contribution in [1.29, 1.82) is 0 Å². The fourth-order valence-corrected chi connectivity index (χ4v) is 3.70. The fraction of sp³-hybridized carbons (Fsp3) is 0.500. The number of para-hydroxylation sites is 1. The number of likely N-dealkylation sites (tertiary alicyclic amines) is 1. The summed E-state index contributed by atoms with van der Waals surface area (Å²) in [5.41, 5.74) is 1.12. The zero-order valence-electron chi connectivity index (χ0n) is 16.5. The molecule has 0 bridgehead atoms. The molecule has 29 heavy (non-hydrogen) atoms. The average Bonchev–Trinajstić information content (AvgIpc) is 2.90. The molecule has 0 saturated carbocycles. The number of carbonyl (C=O) groups is 1. The molecule has 1 aliphatic heterocycles. The molecular weight excluding hydrogens is 385 g/mol. The van der Waals surface area contributed by atoms with Crippen molar-refractivity contribution in [2.45, 2.75) is 32.4 Å². The summed E-state index contributed by atoms with van der Waals surface area (Å²) in [6.45, 7) is 2.43. The van der Waals surface area contributed by atoms with Crippen LogP contribution in [0.5, 0.6) is 0 Å². The van der Waals surface area contributed by atoms with Crippen LogP contribution < -0.4 is 10.9 Å². The van der Waals surface area contributed by atoms with Crippen LogP contribution in [0.2, 0.25) is 0 Å². The first-order chi connectivity index (χ1) is 13.7. The topological polar surface area (TPSA) is 59.3 Å². The first kappa shape index (κ1) is 21.2. The lowest BCUT2D eigenvalue weighted by Gasteiger charge is -2.33. The first-order valence-electron chi connectivity index (χ1n) is 9.61. The molecule has 0 aliphatic carbocycles. The van der Waals surface area contributed by atoms with Crippen molar-refractivity contribution in [3.8, 4) is 5.69 Å². The molecule has 1 aliphatic rings. The van der Waals surface area contributed by atoms with Crippen LogP contribution in [-0.2, 0) is 11.8 Å². The Morgan fingerprint density at radius 1 is 1.24 bits per heavy atom. The van der Waals surface area contributed by atoms with Crippen LogP contribution >= 0.6 is 0 Å². The van der Waals surface area contributed by atoms with Gasteiger partial charge in [0.1, 0.15) is 5.69 Å². The highest BCUT2D eigenvalue weighted by Crippen LogP contribution is 2.33. The van der Waals surface area contributed by atoms with E-state index in [1.165, 1.54) is 4.68 Å². The maximum atomic E-state index is 12.9. The van der Waals surface area contributed by atoms with Crippen LogP contribution in [0.4, 0.5) is 18.9 Å².